The molecule has 116 valence electrons. The van der Waals surface area contributed by atoms with Crippen molar-refractivity contribution in [3.05, 3.63) is 36.7 Å². The van der Waals surface area contributed by atoms with Gasteiger partial charge in [-0.05, 0) is 0 Å². The van der Waals surface area contributed by atoms with Gasteiger partial charge in [0, 0.05) is 38.6 Å². The van der Waals surface area contributed by atoms with E-state index in [-0.39, 0.29) is 11.9 Å². The molecule has 0 atom stereocenters. The molecule has 0 aromatic carbocycles. The number of aromatic nitrogens is 4. The molecule has 22 heavy (non-hydrogen) atoms. The van der Waals surface area contributed by atoms with Gasteiger partial charge in [-0.25, -0.2) is 15.0 Å². The van der Waals surface area contributed by atoms with Crippen molar-refractivity contribution in [3.8, 4) is 0 Å². The summed E-state index contributed by atoms with van der Waals surface area (Å²) in [5.74, 6) is 1.01. The van der Waals surface area contributed by atoms with Crippen LogP contribution in [0.4, 0.5) is 24.8 Å². The summed E-state index contributed by atoms with van der Waals surface area (Å²) in [5, 5.41) is 0. The SMILES string of the molecule is CN(c1cc(C(F)(F)F)ncn1)C1CN(c2cnccn2)C1. The maximum Gasteiger partial charge on any atom is 0.433 e. The average molecular weight is 310 g/mol. The first-order chi connectivity index (χ1) is 10.4. The molecule has 9 heteroatoms. The largest absolute Gasteiger partial charge is 0.433 e. The Balaban J connectivity index is 1.68. The fraction of sp³-hybridized carbons (Fsp3) is 0.385. The Hall–Kier alpha value is -2.45. The zero-order chi connectivity index (χ0) is 15.7. The summed E-state index contributed by atoms with van der Waals surface area (Å²) in [6.45, 7) is 1.31. The summed E-state index contributed by atoms with van der Waals surface area (Å²) in [6.07, 6.45) is 1.32. The first kappa shape index (κ1) is 14.5. The molecule has 1 saturated heterocycles. The first-order valence-electron chi connectivity index (χ1n) is 6.58. The number of anilines is 2. The van der Waals surface area contributed by atoms with Gasteiger partial charge in [0.15, 0.2) is 0 Å². The van der Waals surface area contributed by atoms with Crippen molar-refractivity contribution in [3.63, 3.8) is 0 Å². The fourth-order valence-corrected chi connectivity index (χ4v) is 2.22. The first-order valence-corrected chi connectivity index (χ1v) is 6.58. The van der Waals surface area contributed by atoms with E-state index >= 15 is 0 Å². The highest BCUT2D eigenvalue weighted by molar-refractivity contribution is 5.47. The van der Waals surface area contributed by atoms with Gasteiger partial charge in [0.1, 0.15) is 23.7 Å². The van der Waals surface area contributed by atoms with Crippen molar-refractivity contribution in [2.75, 3.05) is 29.9 Å². The summed E-state index contributed by atoms with van der Waals surface area (Å²) >= 11 is 0. The zero-order valence-electron chi connectivity index (χ0n) is 11.7. The third kappa shape index (κ3) is 2.78. The maximum absolute atomic E-state index is 12.7. The van der Waals surface area contributed by atoms with Crippen LogP contribution in [0.1, 0.15) is 5.69 Å². The van der Waals surface area contributed by atoms with Crippen LogP contribution in [0.15, 0.2) is 31.0 Å². The Labute approximate surface area is 124 Å². The van der Waals surface area contributed by atoms with E-state index in [4.69, 9.17) is 0 Å². The van der Waals surface area contributed by atoms with E-state index < -0.39 is 11.9 Å². The second kappa shape index (κ2) is 5.39. The highest BCUT2D eigenvalue weighted by Gasteiger charge is 2.35. The fourth-order valence-electron chi connectivity index (χ4n) is 2.22. The van der Waals surface area contributed by atoms with Crippen molar-refractivity contribution in [1.29, 1.82) is 0 Å². The lowest BCUT2D eigenvalue weighted by molar-refractivity contribution is -0.141. The summed E-state index contributed by atoms with van der Waals surface area (Å²) in [6, 6.07) is 1.03. The minimum Gasteiger partial charge on any atom is -0.353 e. The Morgan fingerprint density at radius 3 is 2.59 bits per heavy atom. The second-order valence-corrected chi connectivity index (χ2v) is 4.99. The highest BCUT2D eigenvalue weighted by atomic mass is 19.4. The van der Waals surface area contributed by atoms with Gasteiger partial charge in [0.2, 0.25) is 0 Å². The molecule has 0 aliphatic carbocycles. The molecule has 1 fully saturated rings. The number of alkyl halides is 3. The standard InChI is InChI=1S/C13H13F3N6/c1-21(11-4-10(13(14,15)16)19-8-20-11)9-6-22(7-9)12-5-17-2-3-18-12/h2-5,8-9H,6-7H2,1H3. The molecule has 1 aliphatic rings. The van der Waals surface area contributed by atoms with Crippen molar-refractivity contribution >= 4 is 11.6 Å². The highest BCUT2D eigenvalue weighted by Crippen LogP contribution is 2.30. The lowest BCUT2D eigenvalue weighted by atomic mass is 10.1. The number of hydrogen-bond acceptors (Lipinski definition) is 6. The van der Waals surface area contributed by atoms with Crippen molar-refractivity contribution in [1.82, 2.24) is 19.9 Å². The van der Waals surface area contributed by atoms with E-state index in [1.54, 1.807) is 30.5 Å². The van der Waals surface area contributed by atoms with Crippen molar-refractivity contribution in [2.24, 2.45) is 0 Å². The molecule has 1 aliphatic heterocycles. The minimum atomic E-state index is -4.47. The Morgan fingerprint density at radius 2 is 1.95 bits per heavy atom. The van der Waals surface area contributed by atoms with Gasteiger partial charge in [-0.15, -0.1) is 0 Å². The van der Waals surface area contributed by atoms with E-state index in [2.05, 4.69) is 19.9 Å². The molecule has 3 heterocycles. The van der Waals surface area contributed by atoms with Crippen LogP contribution < -0.4 is 9.80 Å². The van der Waals surface area contributed by atoms with Crippen molar-refractivity contribution in [2.45, 2.75) is 12.2 Å². The zero-order valence-corrected chi connectivity index (χ0v) is 11.7. The Kier molecular flexibility index (Phi) is 3.55. The number of halogens is 3. The third-order valence-electron chi connectivity index (χ3n) is 3.59. The number of hydrogen-bond donors (Lipinski definition) is 0. The van der Waals surface area contributed by atoms with Crippen LogP contribution in [-0.4, -0.2) is 46.1 Å². The van der Waals surface area contributed by atoms with E-state index in [9.17, 15) is 13.2 Å². The van der Waals surface area contributed by atoms with Crippen LogP contribution in [0.3, 0.4) is 0 Å². The average Bonchev–Trinajstić information content (AvgIpc) is 2.46. The van der Waals surface area contributed by atoms with E-state index in [0.29, 0.717) is 13.1 Å². The number of likely N-dealkylation sites (N-methyl/N-ethyl adjacent to an activating group) is 1. The molecule has 0 radical (unpaired) electrons. The molecular formula is C13H13F3N6. The normalized spacial score (nSPS) is 15.5. The number of nitrogens with zero attached hydrogens (tertiary/aromatic N) is 6. The predicted molar refractivity (Wildman–Crippen MR) is 73.5 cm³/mol. The molecular weight excluding hydrogens is 297 g/mol. The Morgan fingerprint density at radius 1 is 1.18 bits per heavy atom. The van der Waals surface area contributed by atoms with Crippen molar-refractivity contribution < 1.29 is 13.2 Å². The molecule has 0 bridgehead atoms. The summed E-state index contributed by atoms with van der Waals surface area (Å²) in [5.41, 5.74) is -0.936. The van der Waals surface area contributed by atoms with Gasteiger partial charge in [-0.2, -0.15) is 13.2 Å². The van der Waals surface area contributed by atoms with E-state index in [0.717, 1.165) is 18.2 Å². The smallest absolute Gasteiger partial charge is 0.353 e. The van der Waals surface area contributed by atoms with Gasteiger partial charge in [-0.1, -0.05) is 0 Å². The monoisotopic (exact) mass is 310 g/mol. The van der Waals surface area contributed by atoms with Crippen LogP contribution >= 0.6 is 0 Å². The van der Waals surface area contributed by atoms with Gasteiger partial charge in [0.25, 0.3) is 0 Å². The third-order valence-corrected chi connectivity index (χ3v) is 3.59. The van der Waals surface area contributed by atoms with Gasteiger partial charge < -0.3 is 9.80 Å². The molecule has 0 amide bonds. The maximum atomic E-state index is 12.7. The molecule has 0 unspecified atom stereocenters. The molecule has 0 N–H and O–H groups in total. The molecule has 0 spiro atoms. The molecule has 2 aromatic heterocycles. The van der Waals surface area contributed by atoms with Gasteiger partial charge in [-0.3, -0.25) is 4.98 Å². The van der Waals surface area contributed by atoms with Gasteiger partial charge >= 0.3 is 6.18 Å². The van der Waals surface area contributed by atoms with Crippen LogP contribution in [-0.2, 0) is 6.18 Å². The van der Waals surface area contributed by atoms with Crippen LogP contribution in [0.25, 0.3) is 0 Å². The molecule has 3 rings (SSSR count). The van der Waals surface area contributed by atoms with E-state index in [1.807, 2.05) is 4.90 Å². The Bertz CT molecular complexity index is 642. The van der Waals surface area contributed by atoms with Crippen LogP contribution in [0.2, 0.25) is 0 Å². The molecule has 0 saturated carbocycles. The predicted octanol–water partition coefficient (Wildman–Crippen LogP) is 1.61. The lowest BCUT2D eigenvalue weighted by Crippen LogP contribution is -2.59. The van der Waals surface area contributed by atoms with Crippen LogP contribution in [0.5, 0.6) is 0 Å². The summed E-state index contributed by atoms with van der Waals surface area (Å²) in [4.78, 5) is 19.1. The quantitative estimate of drug-likeness (QED) is 0.858. The summed E-state index contributed by atoms with van der Waals surface area (Å²) in [7, 11) is 1.72. The topological polar surface area (TPSA) is 58.0 Å². The number of rotatable bonds is 3. The summed E-state index contributed by atoms with van der Waals surface area (Å²) < 4.78 is 38.0. The molecule has 2 aromatic rings. The van der Waals surface area contributed by atoms with Gasteiger partial charge in [0.05, 0.1) is 12.2 Å². The van der Waals surface area contributed by atoms with E-state index in [1.165, 1.54) is 0 Å². The minimum absolute atomic E-state index is 0.0676. The second-order valence-electron chi connectivity index (χ2n) is 4.99. The molecule has 6 nitrogen and oxygen atoms in total. The lowest BCUT2D eigenvalue weighted by Gasteiger charge is -2.44. The van der Waals surface area contributed by atoms with Crippen LogP contribution in [0, 0.1) is 0 Å².